The van der Waals surface area contributed by atoms with Gasteiger partial charge >= 0.3 is 6.80 Å². The van der Waals surface area contributed by atoms with Crippen LogP contribution in [0.4, 0.5) is 4.39 Å². The third kappa shape index (κ3) is 3.91. The maximum absolute atomic E-state index is 13.3. The molecule has 0 saturated heterocycles. The van der Waals surface area contributed by atoms with Crippen molar-refractivity contribution in [3.63, 3.8) is 0 Å². The van der Waals surface area contributed by atoms with Gasteiger partial charge in [-0.2, -0.15) is 0 Å². The van der Waals surface area contributed by atoms with Gasteiger partial charge in [-0.1, -0.05) is 12.1 Å². The first kappa shape index (κ1) is 13.7. The van der Waals surface area contributed by atoms with Gasteiger partial charge in [-0.05, 0) is 37.4 Å². The predicted octanol–water partition coefficient (Wildman–Crippen LogP) is 4.10. The Morgan fingerprint density at radius 3 is 2.31 bits per heavy atom. The van der Waals surface area contributed by atoms with Gasteiger partial charge in [0.1, 0.15) is 5.82 Å². The zero-order valence-electron chi connectivity index (χ0n) is 9.18. The molecule has 3 nitrogen and oxygen atoms in total. The van der Waals surface area contributed by atoms with Crippen LogP contribution in [-0.4, -0.2) is 13.2 Å². The molecule has 0 fully saturated rings. The second kappa shape index (κ2) is 6.40. The summed E-state index contributed by atoms with van der Waals surface area (Å²) in [6, 6.07) is 6.11. The molecule has 0 aliphatic rings. The summed E-state index contributed by atoms with van der Waals surface area (Å²) in [6.07, 6.45) is 0. The molecular weight excluding hydrogens is 250 g/mol. The van der Waals surface area contributed by atoms with Crippen molar-refractivity contribution >= 4 is 18.2 Å². The number of hydrogen-bond acceptors (Lipinski definition) is 4. The highest BCUT2D eigenvalue weighted by atomic mass is 32.7. The Hall–Kier alpha value is -0.350. The maximum Gasteiger partial charge on any atom is 0.393 e. The minimum absolute atomic E-state index is 0.263. The van der Waals surface area contributed by atoms with E-state index in [0.717, 1.165) is 11.4 Å². The third-order valence-electron chi connectivity index (χ3n) is 1.62. The fourth-order valence-corrected chi connectivity index (χ4v) is 4.51. The zero-order chi connectivity index (χ0) is 12.0. The molecule has 90 valence electrons. The first-order chi connectivity index (χ1) is 7.61. The molecule has 0 unspecified atom stereocenters. The average Bonchev–Trinajstić information content (AvgIpc) is 2.22. The topological polar surface area (TPSA) is 35.5 Å². The molecule has 0 bridgehead atoms. The predicted molar refractivity (Wildman–Crippen MR) is 63.1 cm³/mol. The second-order valence-electron chi connectivity index (χ2n) is 2.80. The highest BCUT2D eigenvalue weighted by Gasteiger charge is 2.26. The lowest BCUT2D eigenvalue weighted by atomic mass is 10.4. The highest BCUT2D eigenvalue weighted by Crippen LogP contribution is 2.63. The van der Waals surface area contributed by atoms with Crippen molar-refractivity contribution in [2.24, 2.45) is 0 Å². The van der Waals surface area contributed by atoms with Crippen molar-refractivity contribution in [2.45, 2.75) is 18.7 Å². The Bertz CT molecular complexity index is 376. The number of benzene rings is 1. The van der Waals surface area contributed by atoms with Crippen LogP contribution in [0.5, 0.6) is 0 Å². The van der Waals surface area contributed by atoms with E-state index in [2.05, 4.69) is 0 Å². The molecule has 0 atom stereocenters. The van der Waals surface area contributed by atoms with Gasteiger partial charge in [0, 0.05) is 0 Å². The molecule has 0 amide bonds. The Kier molecular flexibility index (Phi) is 5.49. The van der Waals surface area contributed by atoms with E-state index >= 15 is 0 Å². The molecule has 0 radical (unpaired) electrons. The van der Waals surface area contributed by atoms with Crippen LogP contribution in [0.1, 0.15) is 13.8 Å². The van der Waals surface area contributed by atoms with E-state index in [1.807, 2.05) is 0 Å². The van der Waals surface area contributed by atoms with Gasteiger partial charge in [0.25, 0.3) is 0 Å². The van der Waals surface area contributed by atoms with Crippen molar-refractivity contribution < 1.29 is 18.0 Å². The Morgan fingerprint density at radius 1 is 1.25 bits per heavy atom. The van der Waals surface area contributed by atoms with Crippen molar-refractivity contribution in [3.8, 4) is 0 Å². The summed E-state index contributed by atoms with van der Waals surface area (Å²) in [7, 11) is 0. The molecule has 0 N–H and O–H groups in total. The second-order valence-corrected chi connectivity index (χ2v) is 6.73. The number of halogens is 1. The van der Waals surface area contributed by atoms with Gasteiger partial charge in [0.2, 0.25) is 0 Å². The van der Waals surface area contributed by atoms with E-state index in [4.69, 9.17) is 9.05 Å². The zero-order valence-corrected chi connectivity index (χ0v) is 10.9. The average molecular weight is 264 g/mol. The van der Waals surface area contributed by atoms with Crippen LogP contribution in [0.2, 0.25) is 0 Å². The lowest BCUT2D eigenvalue weighted by Crippen LogP contribution is -1.93. The van der Waals surface area contributed by atoms with Gasteiger partial charge in [-0.15, -0.1) is 0 Å². The third-order valence-corrected chi connectivity index (χ3v) is 5.41. The van der Waals surface area contributed by atoms with Crippen molar-refractivity contribution in [2.75, 3.05) is 13.2 Å². The van der Waals surface area contributed by atoms with E-state index in [9.17, 15) is 8.96 Å². The molecule has 0 aromatic heterocycles. The Labute approximate surface area is 98.6 Å². The number of hydrogen-bond donors (Lipinski definition) is 0. The van der Waals surface area contributed by atoms with Gasteiger partial charge in [0.15, 0.2) is 0 Å². The molecule has 6 heteroatoms. The van der Waals surface area contributed by atoms with E-state index in [-0.39, 0.29) is 18.1 Å². The van der Waals surface area contributed by atoms with Gasteiger partial charge in [-0.25, -0.2) is 8.96 Å². The molecule has 1 rings (SSSR count). The highest BCUT2D eigenvalue weighted by molar-refractivity contribution is 8.55. The minimum Gasteiger partial charge on any atom is -0.301 e. The molecule has 1 aromatic carbocycles. The minimum atomic E-state index is -3.29. The van der Waals surface area contributed by atoms with Gasteiger partial charge in [0.05, 0.1) is 18.1 Å². The van der Waals surface area contributed by atoms with Crippen LogP contribution in [0.15, 0.2) is 29.2 Å². The van der Waals surface area contributed by atoms with Crippen LogP contribution in [-0.2, 0) is 13.6 Å². The first-order valence-corrected chi connectivity index (χ1v) is 7.91. The van der Waals surface area contributed by atoms with Crippen LogP contribution >= 0.6 is 18.2 Å². The summed E-state index contributed by atoms with van der Waals surface area (Å²) in [5.74, 6) is -0.424. The summed E-state index contributed by atoms with van der Waals surface area (Å²) in [4.78, 5) is 0.271. The van der Waals surface area contributed by atoms with Crippen LogP contribution in [0.3, 0.4) is 0 Å². The van der Waals surface area contributed by atoms with Crippen LogP contribution in [0.25, 0.3) is 0 Å². The maximum atomic E-state index is 13.3. The molecule has 0 saturated carbocycles. The lowest BCUT2D eigenvalue weighted by Gasteiger charge is -2.15. The van der Waals surface area contributed by atoms with Gasteiger partial charge < -0.3 is 9.05 Å². The first-order valence-electron chi connectivity index (χ1n) is 4.94. The lowest BCUT2D eigenvalue weighted by molar-refractivity contribution is 0.237. The van der Waals surface area contributed by atoms with E-state index < -0.39 is 12.6 Å². The fourth-order valence-electron chi connectivity index (χ4n) is 1.05. The largest absolute Gasteiger partial charge is 0.393 e. The standard InChI is InChI=1S/C10H14FO3PS/c1-3-13-15(12,14-4-2)16-10-8-6-5-7-9(10)11/h5-8H,3-4H2,1-2H3. The molecule has 0 heterocycles. The fraction of sp³-hybridized carbons (Fsp3) is 0.400. The normalized spacial score (nSPS) is 11.7. The molecule has 0 spiro atoms. The summed E-state index contributed by atoms with van der Waals surface area (Å²) >= 11 is 0.803. The Balaban J connectivity index is 2.83. The van der Waals surface area contributed by atoms with Crippen molar-refractivity contribution in [1.29, 1.82) is 0 Å². The number of rotatable bonds is 6. The Morgan fingerprint density at radius 2 is 1.81 bits per heavy atom. The molecule has 0 aliphatic carbocycles. The molecular formula is C10H14FO3PS. The molecule has 0 aliphatic heterocycles. The van der Waals surface area contributed by atoms with E-state index in [1.165, 1.54) is 6.07 Å². The SMILES string of the molecule is CCOP(=O)(OCC)Sc1ccccc1F. The summed E-state index contributed by atoms with van der Waals surface area (Å²) < 4.78 is 35.6. The van der Waals surface area contributed by atoms with Crippen molar-refractivity contribution in [3.05, 3.63) is 30.1 Å². The van der Waals surface area contributed by atoms with Crippen LogP contribution < -0.4 is 0 Å². The van der Waals surface area contributed by atoms with Crippen molar-refractivity contribution in [1.82, 2.24) is 0 Å². The summed E-state index contributed by atoms with van der Waals surface area (Å²) in [5, 5.41) is 0. The quantitative estimate of drug-likeness (QED) is 0.725. The summed E-state index contributed by atoms with van der Waals surface area (Å²) in [6.45, 7) is 0.665. The van der Waals surface area contributed by atoms with Crippen LogP contribution in [0, 0.1) is 5.82 Å². The summed E-state index contributed by atoms with van der Waals surface area (Å²) in [5.41, 5.74) is 0. The molecule has 16 heavy (non-hydrogen) atoms. The molecule has 1 aromatic rings. The smallest absolute Gasteiger partial charge is 0.301 e. The van der Waals surface area contributed by atoms with E-state index in [1.54, 1.807) is 32.0 Å². The monoisotopic (exact) mass is 264 g/mol. The van der Waals surface area contributed by atoms with Gasteiger partial charge in [-0.3, -0.25) is 0 Å². The van der Waals surface area contributed by atoms with E-state index in [0.29, 0.717) is 0 Å².